The quantitative estimate of drug-likeness (QED) is 0.718. The van der Waals surface area contributed by atoms with Crippen molar-refractivity contribution in [2.24, 2.45) is 0 Å². The van der Waals surface area contributed by atoms with Gasteiger partial charge in [0.25, 0.3) is 5.91 Å². The van der Waals surface area contributed by atoms with Gasteiger partial charge in [-0.05, 0) is 49.9 Å². The van der Waals surface area contributed by atoms with Gasteiger partial charge in [-0.2, -0.15) is 0 Å². The topological polar surface area (TPSA) is 66.9 Å². The molecule has 5 heteroatoms. The number of para-hydroxylation sites is 2. The third-order valence-corrected chi connectivity index (χ3v) is 4.35. The lowest BCUT2D eigenvalue weighted by Gasteiger charge is -2.12. The Balaban J connectivity index is 1.76. The van der Waals surface area contributed by atoms with Crippen molar-refractivity contribution in [3.8, 4) is 0 Å². The molecule has 1 aromatic heterocycles. The van der Waals surface area contributed by atoms with Crippen LogP contribution in [0, 0.1) is 27.7 Å². The molecule has 0 saturated heterocycles. The summed E-state index contributed by atoms with van der Waals surface area (Å²) in [6, 6.07) is 12.0. The molecule has 1 heterocycles. The Hall–Kier alpha value is -3.21. The van der Waals surface area contributed by atoms with Crippen molar-refractivity contribution in [3.05, 3.63) is 76.6 Å². The molecule has 0 bridgehead atoms. The van der Waals surface area contributed by atoms with Crippen LogP contribution >= 0.6 is 0 Å². The van der Waals surface area contributed by atoms with Crippen molar-refractivity contribution in [2.75, 3.05) is 10.6 Å². The standard InChI is InChI=1S/C21H22N4O/c1-13-7-5-8-14(2)18(13)24-20(26)17-11-22-21(23-12-17)25-19-15(3)9-6-10-16(19)4/h5-12H,1-4H3,(H,24,26)(H,22,23,25). The summed E-state index contributed by atoms with van der Waals surface area (Å²) in [5, 5.41) is 6.16. The molecule has 0 spiro atoms. The summed E-state index contributed by atoms with van der Waals surface area (Å²) in [5.74, 6) is 0.243. The van der Waals surface area contributed by atoms with Crippen LogP contribution in [-0.2, 0) is 0 Å². The number of anilines is 3. The summed E-state index contributed by atoms with van der Waals surface area (Å²) in [6.07, 6.45) is 3.07. The molecule has 5 nitrogen and oxygen atoms in total. The number of amides is 1. The SMILES string of the molecule is Cc1cccc(C)c1NC(=O)c1cnc(Nc2c(C)cccc2C)nc1. The van der Waals surface area contributed by atoms with Gasteiger partial charge in [0.2, 0.25) is 5.95 Å². The Morgan fingerprint density at radius 3 is 1.73 bits per heavy atom. The fourth-order valence-corrected chi connectivity index (χ4v) is 2.83. The molecule has 0 unspecified atom stereocenters. The lowest BCUT2D eigenvalue weighted by atomic mass is 10.1. The highest BCUT2D eigenvalue weighted by Gasteiger charge is 2.11. The number of carbonyl (C=O) groups excluding carboxylic acids is 1. The molecular weight excluding hydrogens is 324 g/mol. The van der Waals surface area contributed by atoms with Gasteiger partial charge in [-0.15, -0.1) is 0 Å². The fourth-order valence-electron chi connectivity index (χ4n) is 2.83. The molecule has 2 N–H and O–H groups in total. The Bertz CT molecular complexity index is 908. The van der Waals surface area contributed by atoms with Crippen LogP contribution in [0.5, 0.6) is 0 Å². The first-order valence-electron chi connectivity index (χ1n) is 8.48. The van der Waals surface area contributed by atoms with Crippen LogP contribution in [0.15, 0.2) is 48.8 Å². The molecule has 3 rings (SSSR count). The Morgan fingerprint density at radius 1 is 0.769 bits per heavy atom. The maximum absolute atomic E-state index is 12.5. The van der Waals surface area contributed by atoms with Crippen molar-refractivity contribution >= 4 is 23.2 Å². The van der Waals surface area contributed by atoms with Gasteiger partial charge in [-0.25, -0.2) is 9.97 Å². The largest absolute Gasteiger partial charge is 0.324 e. The van der Waals surface area contributed by atoms with Crippen LogP contribution in [-0.4, -0.2) is 15.9 Å². The van der Waals surface area contributed by atoms with Crippen molar-refractivity contribution in [3.63, 3.8) is 0 Å². The Labute approximate surface area is 153 Å². The Morgan fingerprint density at radius 2 is 1.23 bits per heavy atom. The summed E-state index contributed by atoms with van der Waals surface area (Å²) in [4.78, 5) is 21.0. The number of aromatic nitrogens is 2. The van der Waals surface area contributed by atoms with E-state index < -0.39 is 0 Å². The summed E-state index contributed by atoms with van der Waals surface area (Å²) >= 11 is 0. The van der Waals surface area contributed by atoms with E-state index in [9.17, 15) is 4.79 Å². The van der Waals surface area contributed by atoms with Gasteiger partial charge in [0.15, 0.2) is 0 Å². The number of carbonyl (C=O) groups is 1. The van der Waals surface area contributed by atoms with E-state index >= 15 is 0 Å². The van der Waals surface area contributed by atoms with Gasteiger partial charge in [-0.1, -0.05) is 36.4 Å². The van der Waals surface area contributed by atoms with E-state index in [0.717, 1.165) is 33.6 Å². The van der Waals surface area contributed by atoms with Crippen LogP contribution < -0.4 is 10.6 Å². The highest BCUT2D eigenvalue weighted by molar-refractivity contribution is 6.04. The molecule has 26 heavy (non-hydrogen) atoms. The summed E-state index contributed by atoms with van der Waals surface area (Å²) in [7, 11) is 0. The predicted octanol–water partition coefficient (Wildman–Crippen LogP) is 4.71. The average Bonchev–Trinajstić information content (AvgIpc) is 2.62. The van der Waals surface area contributed by atoms with Gasteiger partial charge >= 0.3 is 0 Å². The molecule has 0 atom stereocenters. The van der Waals surface area contributed by atoms with Gasteiger partial charge in [0.1, 0.15) is 0 Å². The maximum Gasteiger partial charge on any atom is 0.258 e. The predicted molar refractivity (Wildman–Crippen MR) is 105 cm³/mol. The van der Waals surface area contributed by atoms with E-state index in [1.165, 1.54) is 12.4 Å². The van der Waals surface area contributed by atoms with E-state index in [-0.39, 0.29) is 5.91 Å². The van der Waals surface area contributed by atoms with Gasteiger partial charge in [0.05, 0.1) is 5.56 Å². The molecule has 0 aliphatic carbocycles. The number of nitrogens with one attached hydrogen (secondary N) is 2. The average molecular weight is 346 g/mol. The first-order chi connectivity index (χ1) is 12.5. The zero-order valence-corrected chi connectivity index (χ0v) is 15.4. The first-order valence-corrected chi connectivity index (χ1v) is 8.48. The van der Waals surface area contributed by atoms with E-state index in [1.807, 2.05) is 64.1 Å². The van der Waals surface area contributed by atoms with Crippen molar-refractivity contribution in [1.82, 2.24) is 9.97 Å². The van der Waals surface area contributed by atoms with Crippen LogP contribution in [0.25, 0.3) is 0 Å². The number of aryl methyl sites for hydroxylation is 4. The number of nitrogens with zero attached hydrogens (tertiary/aromatic N) is 2. The number of hydrogen-bond acceptors (Lipinski definition) is 4. The third kappa shape index (κ3) is 3.72. The molecule has 1 amide bonds. The minimum absolute atomic E-state index is 0.221. The van der Waals surface area contributed by atoms with Crippen molar-refractivity contribution in [1.29, 1.82) is 0 Å². The summed E-state index contributed by atoms with van der Waals surface area (Å²) in [5.41, 5.74) is 6.51. The first kappa shape index (κ1) is 17.6. The molecule has 3 aromatic rings. The molecule has 0 aliphatic heterocycles. The number of benzene rings is 2. The Kier molecular flexibility index (Phi) is 4.98. The van der Waals surface area contributed by atoms with E-state index in [2.05, 4.69) is 20.6 Å². The maximum atomic E-state index is 12.5. The van der Waals surface area contributed by atoms with Crippen LogP contribution in [0.4, 0.5) is 17.3 Å². The zero-order valence-electron chi connectivity index (χ0n) is 15.4. The minimum atomic E-state index is -0.221. The van der Waals surface area contributed by atoms with Gasteiger partial charge in [-0.3, -0.25) is 4.79 Å². The molecule has 132 valence electrons. The second-order valence-electron chi connectivity index (χ2n) is 6.41. The van der Waals surface area contributed by atoms with Crippen LogP contribution in [0.3, 0.4) is 0 Å². The van der Waals surface area contributed by atoms with Crippen LogP contribution in [0.1, 0.15) is 32.6 Å². The normalized spacial score (nSPS) is 10.5. The number of rotatable bonds is 4. The van der Waals surface area contributed by atoms with Gasteiger partial charge < -0.3 is 10.6 Å². The lowest BCUT2D eigenvalue weighted by Crippen LogP contribution is -2.14. The lowest BCUT2D eigenvalue weighted by molar-refractivity contribution is 0.102. The highest BCUT2D eigenvalue weighted by atomic mass is 16.1. The second-order valence-corrected chi connectivity index (χ2v) is 6.41. The number of hydrogen-bond donors (Lipinski definition) is 2. The van der Waals surface area contributed by atoms with E-state index in [0.29, 0.717) is 11.5 Å². The van der Waals surface area contributed by atoms with Crippen LogP contribution in [0.2, 0.25) is 0 Å². The summed E-state index contributed by atoms with van der Waals surface area (Å²) < 4.78 is 0. The summed E-state index contributed by atoms with van der Waals surface area (Å²) in [6.45, 7) is 8.00. The van der Waals surface area contributed by atoms with Crippen molar-refractivity contribution < 1.29 is 4.79 Å². The van der Waals surface area contributed by atoms with Crippen molar-refractivity contribution in [2.45, 2.75) is 27.7 Å². The van der Waals surface area contributed by atoms with Gasteiger partial charge in [0, 0.05) is 23.8 Å². The monoisotopic (exact) mass is 346 g/mol. The third-order valence-electron chi connectivity index (χ3n) is 4.35. The molecule has 2 aromatic carbocycles. The molecule has 0 aliphatic rings. The fraction of sp³-hybridized carbons (Fsp3) is 0.190. The molecule has 0 fully saturated rings. The smallest absolute Gasteiger partial charge is 0.258 e. The molecule has 0 saturated carbocycles. The highest BCUT2D eigenvalue weighted by Crippen LogP contribution is 2.23. The second kappa shape index (κ2) is 7.35. The molecule has 0 radical (unpaired) electrons. The minimum Gasteiger partial charge on any atom is -0.324 e. The van der Waals surface area contributed by atoms with E-state index in [4.69, 9.17) is 0 Å². The van der Waals surface area contributed by atoms with E-state index in [1.54, 1.807) is 0 Å². The molecular formula is C21H22N4O. The zero-order chi connectivity index (χ0) is 18.7.